The third-order valence-electron chi connectivity index (χ3n) is 3.40. The highest BCUT2D eigenvalue weighted by Gasteiger charge is 2.23. The van der Waals surface area contributed by atoms with E-state index in [0.29, 0.717) is 17.9 Å². The van der Waals surface area contributed by atoms with Gasteiger partial charge < -0.3 is 19.7 Å². The van der Waals surface area contributed by atoms with Crippen LogP contribution in [0.3, 0.4) is 0 Å². The Balaban J connectivity index is 2.34. The van der Waals surface area contributed by atoms with Crippen LogP contribution in [-0.2, 0) is 9.47 Å². The van der Waals surface area contributed by atoms with Gasteiger partial charge in [-0.25, -0.2) is 9.59 Å². The van der Waals surface area contributed by atoms with E-state index in [1.165, 1.54) is 12.0 Å². The molecule has 2 rings (SSSR count). The van der Waals surface area contributed by atoms with Gasteiger partial charge in [-0.1, -0.05) is 0 Å². The molecule has 1 atom stereocenters. The molecule has 1 saturated heterocycles. The quantitative estimate of drug-likeness (QED) is 0.869. The minimum absolute atomic E-state index is 0.105. The Labute approximate surface area is 124 Å². The molecule has 1 aromatic carbocycles. The van der Waals surface area contributed by atoms with Crippen molar-refractivity contribution in [1.29, 1.82) is 0 Å². The number of benzene rings is 1. The first kappa shape index (κ1) is 15.3. The molecule has 1 aromatic rings. The van der Waals surface area contributed by atoms with E-state index in [0.717, 1.165) is 18.4 Å². The van der Waals surface area contributed by atoms with Crippen LogP contribution in [-0.4, -0.2) is 44.7 Å². The average Bonchev–Trinajstić information content (AvgIpc) is 3.00. The van der Waals surface area contributed by atoms with E-state index >= 15 is 0 Å². The summed E-state index contributed by atoms with van der Waals surface area (Å²) in [4.78, 5) is 25.0. The lowest BCUT2D eigenvalue weighted by atomic mass is 10.0. The topological polar surface area (TPSA) is 67.9 Å². The normalized spacial score (nSPS) is 17.4. The largest absolute Gasteiger partial charge is 0.465 e. The van der Waals surface area contributed by atoms with Crippen LogP contribution in [0.5, 0.6) is 0 Å². The Morgan fingerprint density at radius 3 is 2.71 bits per heavy atom. The number of amides is 2. The fraction of sp³-hybridized carbons (Fsp3) is 0.467. The molecule has 0 aromatic heterocycles. The number of ether oxygens (including phenoxy) is 2. The molecule has 2 amide bonds. The van der Waals surface area contributed by atoms with Crippen LogP contribution >= 0.6 is 0 Å². The van der Waals surface area contributed by atoms with E-state index < -0.39 is 5.97 Å². The van der Waals surface area contributed by atoms with E-state index in [9.17, 15) is 9.59 Å². The molecule has 1 aliphatic rings. The molecule has 1 aliphatic heterocycles. The van der Waals surface area contributed by atoms with Gasteiger partial charge in [0.1, 0.15) is 0 Å². The van der Waals surface area contributed by atoms with E-state index in [1.807, 2.05) is 0 Å². The maximum Gasteiger partial charge on any atom is 0.337 e. The van der Waals surface area contributed by atoms with E-state index in [-0.39, 0.29) is 12.1 Å². The summed E-state index contributed by atoms with van der Waals surface area (Å²) < 4.78 is 10.4. The van der Waals surface area contributed by atoms with Crippen LogP contribution in [0.15, 0.2) is 18.2 Å². The molecule has 0 spiro atoms. The first-order chi connectivity index (χ1) is 10.0. The van der Waals surface area contributed by atoms with Crippen molar-refractivity contribution in [3.63, 3.8) is 0 Å². The minimum atomic E-state index is -0.403. The SMILES string of the molecule is COC(=O)c1ccc(NC(=O)N(C)C)c(C2CCCO2)c1. The molecule has 6 heteroatoms. The fourth-order valence-corrected chi connectivity index (χ4v) is 2.24. The number of urea groups is 1. The Morgan fingerprint density at radius 1 is 1.38 bits per heavy atom. The van der Waals surface area contributed by atoms with Crippen LogP contribution in [0.4, 0.5) is 10.5 Å². The van der Waals surface area contributed by atoms with Crippen molar-refractivity contribution < 1.29 is 19.1 Å². The van der Waals surface area contributed by atoms with Crippen LogP contribution in [0.2, 0.25) is 0 Å². The lowest BCUT2D eigenvalue weighted by molar-refractivity contribution is 0.0600. The molecule has 0 saturated carbocycles. The summed E-state index contributed by atoms with van der Waals surface area (Å²) in [5.41, 5.74) is 1.92. The highest BCUT2D eigenvalue weighted by Crippen LogP contribution is 2.34. The zero-order chi connectivity index (χ0) is 15.4. The number of methoxy groups -OCH3 is 1. The average molecular weight is 292 g/mol. The van der Waals surface area contributed by atoms with Crippen LogP contribution in [0.25, 0.3) is 0 Å². The zero-order valence-electron chi connectivity index (χ0n) is 12.5. The summed E-state index contributed by atoms with van der Waals surface area (Å²) in [6, 6.07) is 4.85. The van der Waals surface area contributed by atoms with Gasteiger partial charge in [0.15, 0.2) is 0 Å². The number of nitrogens with one attached hydrogen (secondary N) is 1. The zero-order valence-corrected chi connectivity index (χ0v) is 12.5. The lowest BCUT2D eigenvalue weighted by Gasteiger charge is -2.19. The summed E-state index contributed by atoms with van der Waals surface area (Å²) in [6.07, 6.45) is 1.73. The molecule has 1 heterocycles. The number of hydrogen-bond donors (Lipinski definition) is 1. The van der Waals surface area contributed by atoms with Gasteiger partial charge in [-0.15, -0.1) is 0 Å². The maximum atomic E-state index is 11.8. The molecular formula is C15H20N2O4. The van der Waals surface area contributed by atoms with Crippen LogP contribution < -0.4 is 5.32 Å². The summed E-state index contributed by atoms with van der Waals surface area (Å²) in [7, 11) is 4.68. The van der Waals surface area contributed by atoms with E-state index in [2.05, 4.69) is 5.32 Å². The number of esters is 1. The molecular weight excluding hydrogens is 272 g/mol. The van der Waals surface area contributed by atoms with Crippen molar-refractivity contribution in [2.45, 2.75) is 18.9 Å². The molecule has 1 fully saturated rings. The number of carbonyl (C=O) groups excluding carboxylic acids is 2. The molecule has 6 nitrogen and oxygen atoms in total. The molecule has 0 bridgehead atoms. The second-order valence-corrected chi connectivity index (χ2v) is 5.12. The van der Waals surface area contributed by atoms with E-state index in [1.54, 1.807) is 32.3 Å². The predicted octanol–water partition coefficient (Wildman–Crippen LogP) is 2.42. The standard InChI is InChI=1S/C15H20N2O4/c1-17(2)15(19)16-12-7-6-10(14(18)20-3)9-11(12)13-5-4-8-21-13/h6-7,9,13H,4-5,8H2,1-3H3,(H,16,19). The molecule has 1 N–H and O–H groups in total. The second-order valence-electron chi connectivity index (χ2n) is 5.12. The third kappa shape index (κ3) is 3.52. The van der Waals surface area contributed by atoms with Crippen molar-refractivity contribution in [1.82, 2.24) is 4.90 Å². The van der Waals surface area contributed by atoms with Crippen LogP contribution in [0.1, 0.15) is 34.9 Å². The molecule has 1 unspecified atom stereocenters. The summed E-state index contributed by atoms with van der Waals surface area (Å²) in [6.45, 7) is 0.689. The van der Waals surface area contributed by atoms with Gasteiger partial charge in [-0.05, 0) is 31.0 Å². The Kier molecular flexibility index (Phi) is 4.80. The lowest BCUT2D eigenvalue weighted by Crippen LogP contribution is -2.28. The van der Waals surface area contributed by atoms with Gasteiger partial charge in [0.2, 0.25) is 0 Å². The predicted molar refractivity (Wildman–Crippen MR) is 78.4 cm³/mol. The van der Waals surface area contributed by atoms with Gasteiger partial charge in [-0.3, -0.25) is 0 Å². The number of nitrogens with zero attached hydrogens (tertiary/aromatic N) is 1. The number of rotatable bonds is 3. The Morgan fingerprint density at radius 2 is 2.14 bits per heavy atom. The van der Waals surface area contributed by atoms with Gasteiger partial charge in [-0.2, -0.15) is 0 Å². The van der Waals surface area contributed by atoms with Crippen molar-refractivity contribution in [3.05, 3.63) is 29.3 Å². The Hall–Kier alpha value is -2.08. The number of anilines is 1. The minimum Gasteiger partial charge on any atom is -0.465 e. The Bertz CT molecular complexity index is 536. The highest BCUT2D eigenvalue weighted by atomic mass is 16.5. The monoisotopic (exact) mass is 292 g/mol. The number of carbonyl (C=O) groups is 2. The highest BCUT2D eigenvalue weighted by molar-refractivity contribution is 5.93. The summed E-state index contributed by atoms with van der Waals surface area (Å²) in [5, 5.41) is 2.83. The van der Waals surface area contributed by atoms with Gasteiger partial charge in [0.05, 0.1) is 18.8 Å². The van der Waals surface area contributed by atoms with Crippen molar-refractivity contribution in [3.8, 4) is 0 Å². The third-order valence-corrected chi connectivity index (χ3v) is 3.40. The molecule has 0 aliphatic carbocycles. The van der Waals surface area contributed by atoms with E-state index in [4.69, 9.17) is 9.47 Å². The summed E-state index contributed by atoms with van der Waals surface area (Å²) >= 11 is 0. The van der Waals surface area contributed by atoms with Crippen molar-refractivity contribution in [2.24, 2.45) is 0 Å². The van der Waals surface area contributed by atoms with Crippen LogP contribution in [0, 0.1) is 0 Å². The van der Waals surface area contributed by atoms with Crippen molar-refractivity contribution in [2.75, 3.05) is 33.1 Å². The molecule has 0 radical (unpaired) electrons. The first-order valence-corrected chi connectivity index (χ1v) is 6.85. The first-order valence-electron chi connectivity index (χ1n) is 6.85. The molecule has 114 valence electrons. The smallest absolute Gasteiger partial charge is 0.337 e. The van der Waals surface area contributed by atoms with Gasteiger partial charge in [0.25, 0.3) is 0 Å². The number of hydrogen-bond acceptors (Lipinski definition) is 4. The fourth-order valence-electron chi connectivity index (χ4n) is 2.24. The van der Waals surface area contributed by atoms with Gasteiger partial charge >= 0.3 is 12.0 Å². The summed E-state index contributed by atoms with van der Waals surface area (Å²) in [5.74, 6) is -0.403. The van der Waals surface area contributed by atoms with Crippen molar-refractivity contribution >= 4 is 17.7 Å². The second kappa shape index (κ2) is 6.58. The maximum absolute atomic E-state index is 11.8. The molecule has 21 heavy (non-hydrogen) atoms. The van der Waals surface area contributed by atoms with Gasteiger partial charge in [0, 0.05) is 32.0 Å².